The Bertz CT molecular complexity index is 1500. The first-order valence-electron chi connectivity index (χ1n) is 12.1. The third-order valence-corrected chi connectivity index (χ3v) is 10.5. The Kier molecular flexibility index (Phi) is 6.11. The molecule has 3 heterocycles. The molecular weight excluding hydrogens is 576 g/mol. The summed E-state index contributed by atoms with van der Waals surface area (Å²) in [5.41, 5.74) is -3.42. The van der Waals surface area contributed by atoms with Crippen molar-refractivity contribution in [2.24, 2.45) is 0 Å². The number of hydrogen-bond donors (Lipinski definition) is 1. The Morgan fingerprint density at radius 1 is 1.08 bits per heavy atom. The number of hydrogen-bond acceptors (Lipinski definition) is 8. The van der Waals surface area contributed by atoms with Crippen molar-refractivity contribution in [1.29, 1.82) is 0 Å². The zero-order valence-corrected chi connectivity index (χ0v) is 22.8. The van der Waals surface area contributed by atoms with Crippen molar-refractivity contribution in [3.8, 4) is 11.5 Å². The fourth-order valence-electron chi connectivity index (χ4n) is 6.06. The number of aliphatic hydroxyl groups is 1. The van der Waals surface area contributed by atoms with Crippen LogP contribution in [0, 0.1) is 0 Å². The quantitative estimate of drug-likeness (QED) is 0.475. The van der Waals surface area contributed by atoms with Crippen molar-refractivity contribution in [3.05, 3.63) is 88.2 Å². The van der Waals surface area contributed by atoms with Crippen LogP contribution in [0.5, 0.6) is 11.5 Å². The molecule has 1 aliphatic carbocycles. The monoisotopic (exact) mass is 600 g/mol. The fourth-order valence-corrected chi connectivity index (χ4v) is 8.66. The van der Waals surface area contributed by atoms with Gasteiger partial charge in [-0.25, -0.2) is 8.42 Å². The van der Waals surface area contributed by atoms with Gasteiger partial charge in [0.2, 0.25) is 21.4 Å². The third-order valence-electron chi connectivity index (χ3n) is 7.67. The Morgan fingerprint density at radius 2 is 1.76 bits per heavy atom. The summed E-state index contributed by atoms with van der Waals surface area (Å²) < 4.78 is 48.6. The lowest BCUT2D eigenvalue weighted by Crippen LogP contribution is -2.55. The Hall–Kier alpha value is -2.83. The summed E-state index contributed by atoms with van der Waals surface area (Å²) >= 11 is 3.43. The second kappa shape index (κ2) is 9.13. The smallest absolute Gasteiger partial charge is 0.221 e. The standard InChI is InChI=1S/C27H25BrN2O7S/c1-35-20-15-29-16-21-23(20)26(32)24(38(33,34)30-11-13-36-14-12-30)22(17-5-3-2-4-6-17)27(37-21,25(26)31)18-7-9-19(28)10-8-18/h2-10,15-16,22,24,32H,11-14H2,1H3/t22-,24+,26?,27?/m1/s1. The number of pyridine rings is 1. The normalized spacial score (nSPS) is 29.0. The SMILES string of the molecule is COc1cncc2c1C1(O)C(=O)C(c3ccc(Br)cc3)(O2)[C@H](c2ccccc2)[C@@H]1S(=O)(=O)N1CCOCC1. The van der Waals surface area contributed by atoms with Gasteiger partial charge >= 0.3 is 0 Å². The van der Waals surface area contributed by atoms with Crippen molar-refractivity contribution >= 4 is 31.7 Å². The topological polar surface area (TPSA) is 115 Å². The number of benzene rings is 2. The van der Waals surface area contributed by atoms with Crippen LogP contribution in [-0.4, -0.2) is 67.3 Å². The molecule has 1 saturated heterocycles. The molecule has 198 valence electrons. The predicted octanol–water partition coefficient (Wildman–Crippen LogP) is 2.73. The molecule has 2 bridgehead atoms. The average molecular weight is 601 g/mol. The molecule has 0 radical (unpaired) electrons. The molecule has 38 heavy (non-hydrogen) atoms. The van der Waals surface area contributed by atoms with Crippen LogP contribution in [0.15, 0.2) is 71.5 Å². The van der Waals surface area contributed by atoms with Crippen LogP contribution in [-0.2, 0) is 30.8 Å². The van der Waals surface area contributed by atoms with Crippen LogP contribution in [0.1, 0.15) is 22.6 Å². The summed E-state index contributed by atoms with van der Waals surface area (Å²) in [7, 11) is -2.94. The number of Topliss-reactive ketones (excluding diaryl/α,β-unsaturated/α-hetero) is 1. The van der Waals surface area contributed by atoms with Crippen LogP contribution in [0.25, 0.3) is 0 Å². The maximum Gasteiger partial charge on any atom is 0.221 e. The summed E-state index contributed by atoms with van der Waals surface area (Å²) in [6, 6.07) is 15.8. The molecule has 11 heteroatoms. The summed E-state index contributed by atoms with van der Waals surface area (Å²) in [6.07, 6.45) is 2.73. The number of morpholine rings is 1. The van der Waals surface area contributed by atoms with E-state index in [1.807, 2.05) is 6.07 Å². The molecule has 9 nitrogen and oxygen atoms in total. The second-order valence-electron chi connectivity index (χ2n) is 9.52. The molecule has 1 N–H and O–H groups in total. The highest BCUT2D eigenvalue weighted by Crippen LogP contribution is 2.65. The van der Waals surface area contributed by atoms with E-state index < -0.39 is 38.2 Å². The lowest BCUT2D eigenvalue weighted by atomic mass is 9.77. The van der Waals surface area contributed by atoms with Crippen LogP contribution in [0.2, 0.25) is 0 Å². The number of halogens is 1. The van der Waals surface area contributed by atoms with Crippen LogP contribution < -0.4 is 9.47 Å². The van der Waals surface area contributed by atoms with Gasteiger partial charge in [0, 0.05) is 23.1 Å². The van der Waals surface area contributed by atoms with Gasteiger partial charge in [-0.2, -0.15) is 4.31 Å². The number of aromatic nitrogens is 1. The first kappa shape index (κ1) is 25.4. The van der Waals surface area contributed by atoms with Crippen molar-refractivity contribution in [3.63, 3.8) is 0 Å². The van der Waals surface area contributed by atoms with Gasteiger partial charge in [-0.3, -0.25) is 9.78 Å². The molecule has 2 unspecified atom stereocenters. The number of fused-ring (bicyclic) bond motifs is 4. The molecule has 3 aromatic rings. The van der Waals surface area contributed by atoms with Gasteiger partial charge < -0.3 is 19.3 Å². The van der Waals surface area contributed by atoms with E-state index in [4.69, 9.17) is 14.2 Å². The average Bonchev–Trinajstić information content (AvgIpc) is 3.07. The summed E-state index contributed by atoms with van der Waals surface area (Å²) in [6.45, 7) is 0.646. The molecule has 0 spiro atoms. The number of sulfonamides is 1. The van der Waals surface area contributed by atoms with Gasteiger partial charge in [0.25, 0.3) is 0 Å². The maximum absolute atomic E-state index is 14.7. The highest BCUT2D eigenvalue weighted by molar-refractivity contribution is 9.10. The van der Waals surface area contributed by atoms with Crippen LogP contribution in [0.4, 0.5) is 0 Å². The van der Waals surface area contributed by atoms with E-state index in [1.54, 1.807) is 48.5 Å². The van der Waals surface area contributed by atoms with Crippen LogP contribution in [0.3, 0.4) is 0 Å². The first-order chi connectivity index (χ1) is 18.3. The minimum Gasteiger partial charge on any atom is -0.495 e. The number of ether oxygens (including phenoxy) is 3. The lowest BCUT2D eigenvalue weighted by molar-refractivity contribution is -0.151. The van der Waals surface area contributed by atoms with Gasteiger partial charge in [0.15, 0.2) is 5.60 Å². The van der Waals surface area contributed by atoms with Crippen molar-refractivity contribution in [2.75, 3.05) is 33.4 Å². The number of nitrogens with zero attached hydrogens (tertiary/aromatic N) is 2. The summed E-state index contributed by atoms with van der Waals surface area (Å²) in [5.74, 6) is -1.71. The van der Waals surface area contributed by atoms with E-state index in [2.05, 4.69) is 20.9 Å². The molecule has 2 aliphatic heterocycles. The van der Waals surface area contributed by atoms with E-state index in [0.717, 1.165) is 4.47 Å². The van der Waals surface area contributed by atoms with Gasteiger partial charge in [-0.15, -0.1) is 0 Å². The molecule has 3 aliphatic rings. The predicted molar refractivity (Wildman–Crippen MR) is 140 cm³/mol. The number of carbonyl (C=O) groups is 1. The number of methoxy groups -OCH3 is 1. The van der Waals surface area contributed by atoms with Crippen molar-refractivity contribution < 1.29 is 32.5 Å². The minimum absolute atomic E-state index is 0.0343. The minimum atomic E-state index is -4.31. The lowest BCUT2D eigenvalue weighted by Gasteiger charge is -2.39. The summed E-state index contributed by atoms with van der Waals surface area (Å²) in [4.78, 5) is 18.9. The molecular formula is C27H25BrN2O7S. The highest BCUT2D eigenvalue weighted by Gasteiger charge is 2.78. The Labute approximate surface area is 228 Å². The molecule has 6 rings (SSSR count). The molecule has 2 aromatic carbocycles. The van der Waals surface area contributed by atoms with Gasteiger partial charge in [0.1, 0.15) is 16.7 Å². The number of rotatable bonds is 5. The molecule has 2 fully saturated rings. The maximum atomic E-state index is 14.7. The zero-order chi connectivity index (χ0) is 26.7. The number of ketones is 1. The van der Waals surface area contributed by atoms with E-state index in [-0.39, 0.29) is 43.4 Å². The zero-order valence-electron chi connectivity index (χ0n) is 20.4. The van der Waals surface area contributed by atoms with Crippen LogP contribution >= 0.6 is 15.9 Å². The Morgan fingerprint density at radius 3 is 2.42 bits per heavy atom. The van der Waals surface area contributed by atoms with E-state index in [9.17, 15) is 18.3 Å². The first-order valence-corrected chi connectivity index (χ1v) is 14.4. The molecule has 1 saturated carbocycles. The third kappa shape index (κ3) is 3.42. The van der Waals surface area contributed by atoms with Gasteiger partial charge in [-0.1, -0.05) is 58.4 Å². The van der Waals surface area contributed by atoms with Gasteiger partial charge in [-0.05, 0) is 17.7 Å². The van der Waals surface area contributed by atoms with E-state index >= 15 is 0 Å². The highest BCUT2D eigenvalue weighted by atomic mass is 79.9. The fraction of sp³-hybridized carbons (Fsp3) is 0.333. The van der Waals surface area contributed by atoms with Gasteiger partial charge in [0.05, 0.1) is 44.2 Å². The second-order valence-corrected chi connectivity index (χ2v) is 12.5. The molecule has 0 amide bonds. The van der Waals surface area contributed by atoms with Crippen molar-refractivity contribution in [1.82, 2.24) is 9.29 Å². The molecule has 4 atom stereocenters. The van der Waals surface area contributed by atoms with E-state index in [1.165, 1.54) is 23.8 Å². The summed E-state index contributed by atoms with van der Waals surface area (Å²) in [5, 5.41) is 11.0. The number of carbonyl (C=O) groups excluding carboxylic acids is 1. The Balaban J connectivity index is 1.72. The largest absolute Gasteiger partial charge is 0.495 e. The van der Waals surface area contributed by atoms with E-state index in [0.29, 0.717) is 11.1 Å². The van der Waals surface area contributed by atoms with Crippen molar-refractivity contribution in [2.45, 2.75) is 22.4 Å². The molecule has 1 aromatic heterocycles.